The highest BCUT2D eigenvalue weighted by Crippen LogP contribution is 2.10. The van der Waals surface area contributed by atoms with Gasteiger partial charge in [0.15, 0.2) is 0 Å². The molecule has 0 aromatic carbocycles. The molecular weight excluding hydrogens is 200 g/mol. The van der Waals surface area contributed by atoms with Crippen LogP contribution in [0.5, 0.6) is 0 Å². The van der Waals surface area contributed by atoms with Crippen molar-refractivity contribution in [2.75, 3.05) is 5.75 Å². The predicted octanol–water partition coefficient (Wildman–Crippen LogP) is 1.61. The van der Waals surface area contributed by atoms with Gasteiger partial charge in [-0.2, -0.15) is 16.9 Å². The first-order valence-electron chi connectivity index (χ1n) is 4.54. The maximum Gasteiger partial charge on any atom is 0.304 e. The fraction of sp³-hybridized carbons (Fsp3) is 0.556. The van der Waals surface area contributed by atoms with E-state index in [1.165, 1.54) is 0 Å². The van der Waals surface area contributed by atoms with E-state index in [2.05, 4.69) is 5.10 Å². The molecule has 4 nitrogen and oxygen atoms in total. The SMILES string of the molecule is CCn1ccc(CSCCC(=O)O)n1. The lowest BCUT2D eigenvalue weighted by Crippen LogP contribution is -1.97. The summed E-state index contributed by atoms with van der Waals surface area (Å²) in [4.78, 5) is 10.2. The number of hydrogen-bond donors (Lipinski definition) is 1. The summed E-state index contributed by atoms with van der Waals surface area (Å²) in [5.41, 5.74) is 1.02. The predicted molar refractivity (Wildman–Crippen MR) is 56.3 cm³/mol. The van der Waals surface area contributed by atoms with E-state index >= 15 is 0 Å². The fourth-order valence-electron chi connectivity index (χ4n) is 0.993. The van der Waals surface area contributed by atoms with Crippen LogP contribution >= 0.6 is 11.8 Å². The van der Waals surface area contributed by atoms with Crippen molar-refractivity contribution >= 4 is 17.7 Å². The molecule has 0 aliphatic rings. The summed E-state index contributed by atoms with van der Waals surface area (Å²) in [5.74, 6) is 0.700. The summed E-state index contributed by atoms with van der Waals surface area (Å²) in [7, 11) is 0. The Bertz CT molecular complexity index is 299. The molecule has 0 atom stereocenters. The molecular formula is C9H14N2O2S. The second kappa shape index (κ2) is 5.70. The van der Waals surface area contributed by atoms with Gasteiger partial charge in [-0.1, -0.05) is 0 Å². The van der Waals surface area contributed by atoms with E-state index in [4.69, 9.17) is 5.11 Å². The zero-order valence-electron chi connectivity index (χ0n) is 8.14. The molecule has 0 fully saturated rings. The lowest BCUT2D eigenvalue weighted by Gasteiger charge is -1.96. The standard InChI is InChI=1S/C9H14N2O2S/c1-2-11-5-3-8(10-11)7-14-6-4-9(12)13/h3,5H,2,4,6-7H2,1H3,(H,12,13). The summed E-state index contributed by atoms with van der Waals surface area (Å²) in [6.07, 6.45) is 2.16. The molecule has 0 saturated carbocycles. The van der Waals surface area contributed by atoms with Gasteiger partial charge in [-0.3, -0.25) is 9.48 Å². The Balaban J connectivity index is 2.21. The third-order valence-electron chi connectivity index (χ3n) is 1.73. The molecule has 0 radical (unpaired) electrons. The topological polar surface area (TPSA) is 55.1 Å². The number of aliphatic carboxylic acids is 1. The first kappa shape index (κ1) is 11.1. The molecule has 0 bridgehead atoms. The molecule has 14 heavy (non-hydrogen) atoms. The normalized spacial score (nSPS) is 10.4. The number of carboxylic acids is 1. The van der Waals surface area contributed by atoms with Crippen LogP contribution in [0.25, 0.3) is 0 Å². The Kier molecular flexibility index (Phi) is 4.52. The average molecular weight is 214 g/mol. The number of carboxylic acid groups (broad SMARTS) is 1. The molecule has 5 heteroatoms. The Morgan fingerprint density at radius 2 is 2.50 bits per heavy atom. The maximum absolute atomic E-state index is 10.2. The Labute approximate surface area is 87.3 Å². The van der Waals surface area contributed by atoms with Crippen molar-refractivity contribution in [1.29, 1.82) is 0 Å². The number of rotatable bonds is 6. The summed E-state index contributed by atoms with van der Waals surface area (Å²) in [5, 5.41) is 12.7. The van der Waals surface area contributed by atoms with Crippen molar-refractivity contribution in [3.8, 4) is 0 Å². The largest absolute Gasteiger partial charge is 0.481 e. The Hall–Kier alpha value is -0.970. The van der Waals surface area contributed by atoms with Gasteiger partial charge in [0.05, 0.1) is 12.1 Å². The van der Waals surface area contributed by atoms with Gasteiger partial charge in [0, 0.05) is 24.2 Å². The molecule has 1 aromatic rings. The smallest absolute Gasteiger partial charge is 0.304 e. The van der Waals surface area contributed by atoms with E-state index in [0.717, 1.165) is 18.0 Å². The van der Waals surface area contributed by atoms with E-state index in [1.54, 1.807) is 11.8 Å². The summed E-state index contributed by atoms with van der Waals surface area (Å²) in [6, 6.07) is 1.97. The van der Waals surface area contributed by atoms with Crippen LogP contribution in [0.4, 0.5) is 0 Å². The minimum Gasteiger partial charge on any atom is -0.481 e. The van der Waals surface area contributed by atoms with Gasteiger partial charge < -0.3 is 5.11 Å². The average Bonchev–Trinajstić information content (AvgIpc) is 2.60. The Morgan fingerprint density at radius 3 is 3.07 bits per heavy atom. The highest BCUT2D eigenvalue weighted by molar-refractivity contribution is 7.98. The molecule has 78 valence electrons. The molecule has 0 unspecified atom stereocenters. The molecule has 1 rings (SSSR count). The van der Waals surface area contributed by atoms with Crippen LogP contribution in [-0.2, 0) is 17.1 Å². The van der Waals surface area contributed by atoms with Gasteiger partial charge >= 0.3 is 5.97 Å². The first-order chi connectivity index (χ1) is 6.72. The molecule has 0 saturated heterocycles. The number of hydrogen-bond acceptors (Lipinski definition) is 3. The summed E-state index contributed by atoms with van der Waals surface area (Å²) >= 11 is 1.60. The van der Waals surface area contributed by atoms with E-state index in [9.17, 15) is 4.79 Å². The molecule has 0 aliphatic carbocycles. The van der Waals surface area contributed by atoms with Crippen molar-refractivity contribution in [2.45, 2.75) is 25.6 Å². The number of thioether (sulfide) groups is 1. The molecule has 0 spiro atoms. The van der Waals surface area contributed by atoms with Gasteiger partial charge in [0.1, 0.15) is 0 Å². The number of aryl methyl sites for hydroxylation is 1. The van der Waals surface area contributed by atoms with E-state index in [1.807, 2.05) is 23.9 Å². The van der Waals surface area contributed by atoms with Gasteiger partial charge in [-0.15, -0.1) is 0 Å². The quantitative estimate of drug-likeness (QED) is 0.731. The second-order valence-corrected chi connectivity index (χ2v) is 3.96. The van der Waals surface area contributed by atoms with Gasteiger partial charge in [-0.25, -0.2) is 0 Å². The summed E-state index contributed by atoms with van der Waals surface area (Å²) in [6.45, 7) is 2.91. The number of nitrogens with zero attached hydrogens (tertiary/aromatic N) is 2. The monoisotopic (exact) mass is 214 g/mol. The van der Waals surface area contributed by atoms with Crippen LogP contribution < -0.4 is 0 Å². The van der Waals surface area contributed by atoms with Crippen LogP contribution in [0.3, 0.4) is 0 Å². The van der Waals surface area contributed by atoms with Gasteiger partial charge in [0.2, 0.25) is 0 Å². The minimum atomic E-state index is -0.739. The number of aromatic nitrogens is 2. The maximum atomic E-state index is 10.2. The molecule has 0 aliphatic heterocycles. The lowest BCUT2D eigenvalue weighted by molar-refractivity contribution is -0.136. The van der Waals surface area contributed by atoms with E-state index in [0.29, 0.717) is 5.75 Å². The van der Waals surface area contributed by atoms with Crippen LogP contribution in [-0.4, -0.2) is 26.6 Å². The van der Waals surface area contributed by atoms with Gasteiger partial charge in [0.25, 0.3) is 0 Å². The summed E-state index contributed by atoms with van der Waals surface area (Å²) < 4.78 is 1.87. The van der Waals surface area contributed by atoms with Crippen LogP contribution in [0.2, 0.25) is 0 Å². The van der Waals surface area contributed by atoms with E-state index < -0.39 is 5.97 Å². The highest BCUT2D eigenvalue weighted by atomic mass is 32.2. The number of carbonyl (C=O) groups is 1. The highest BCUT2D eigenvalue weighted by Gasteiger charge is 2.00. The van der Waals surface area contributed by atoms with Crippen LogP contribution in [0.15, 0.2) is 12.3 Å². The zero-order valence-corrected chi connectivity index (χ0v) is 8.96. The third-order valence-corrected chi connectivity index (χ3v) is 2.72. The molecule has 1 N–H and O–H groups in total. The third kappa shape index (κ3) is 3.83. The zero-order chi connectivity index (χ0) is 10.4. The van der Waals surface area contributed by atoms with Crippen molar-refractivity contribution < 1.29 is 9.90 Å². The van der Waals surface area contributed by atoms with E-state index in [-0.39, 0.29) is 6.42 Å². The second-order valence-electron chi connectivity index (χ2n) is 2.86. The molecule has 1 heterocycles. The van der Waals surface area contributed by atoms with Crippen molar-refractivity contribution in [2.24, 2.45) is 0 Å². The molecule has 1 aromatic heterocycles. The van der Waals surface area contributed by atoms with Crippen LogP contribution in [0.1, 0.15) is 19.0 Å². The van der Waals surface area contributed by atoms with Gasteiger partial charge in [-0.05, 0) is 13.0 Å². The lowest BCUT2D eigenvalue weighted by atomic mass is 10.5. The van der Waals surface area contributed by atoms with Crippen molar-refractivity contribution in [1.82, 2.24) is 9.78 Å². The van der Waals surface area contributed by atoms with Crippen LogP contribution in [0, 0.1) is 0 Å². The molecule has 0 amide bonds. The fourth-order valence-corrected chi connectivity index (χ4v) is 1.82. The Morgan fingerprint density at radius 1 is 1.71 bits per heavy atom. The van der Waals surface area contributed by atoms with Crippen molar-refractivity contribution in [3.05, 3.63) is 18.0 Å². The van der Waals surface area contributed by atoms with Crippen molar-refractivity contribution in [3.63, 3.8) is 0 Å². The minimum absolute atomic E-state index is 0.221. The first-order valence-corrected chi connectivity index (χ1v) is 5.69.